The Hall–Kier alpha value is -2.93. The van der Waals surface area contributed by atoms with Crippen molar-refractivity contribution >= 4 is 63.5 Å². The number of hydrogen-bond donors (Lipinski definition) is 1. The number of nitrogens with zero attached hydrogens (tertiary/aromatic N) is 4. The number of aromatic nitrogens is 1. The van der Waals surface area contributed by atoms with Crippen LogP contribution in [0.15, 0.2) is 53.5 Å². The number of hydrogen-bond acceptors (Lipinski definition) is 8. The molecule has 0 saturated carbocycles. The van der Waals surface area contributed by atoms with Crippen LogP contribution in [0, 0.1) is 15.3 Å². The third-order valence-electron chi connectivity index (χ3n) is 4.98. The molecule has 3 heterocycles. The van der Waals surface area contributed by atoms with Gasteiger partial charge in [0.1, 0.15) is 6.17 Å². The summed E-state index contributed by atoms with van der Waals surface area (Å²) in [5, 5.41) is 13.5. The number of nitriles is 1. The summed E-state index contributed by atoms with van der Waals surface area (Å²) in [6.45, 7) is 1.55. The number of benzene rings is 2. The Kier molecular flexibility index (Phi) is 4.70. The fraction of sp³-hybridized carbons (Fsp3) is 0.143. The first-order valence-corrected chi connectivity index (χ1v) is 11.4. The lowest BCUT2D eigenvalue weighted by Crippen LogP contribution is -2.34. The van der Waals surface area contributed by atoms with Gasteiger partial charge in [-0.05, 0) is 55.5 Å². The molecule has 1 N–H and O–H groups in total. The summed E-state index contributed by atoms with van der Waals surface area (Å²) >= 11 is 8.63. The second kappa shape index (κ2) is 7.40. The van der Waals surface area contributed by atoms with Crippen LogP contribution in [0.1, 0.15) is 28.3 Å². The van der Waals surface area contributed by atoms with Crippen LogP contribution in [-0.4, -0.2) is 21.3 Å². The number of aliphatic imine (C=N–C) groups is 1. The zero-order chi connectivity index (χ0) is 20.8. The van der Waals surface area contributed by atoms with Gasteiger partial charge in [0, 0.05) is 11.3 Å². The van der Waals surface area contributed by atoms with Gasteiger partial charge in [-0.15, -0.1) is 11.3 Å². The van der Waals surface area contributed by atoms with Crippen molar-refractivity contribution in [3.63, 3.8) is 0 Å². The third kappa shape index (κ3) is 2.96. The maximum absolute atomic E-state index is 11.6. The van der Waals surface area contributed by atoms with Crippen LogP contribution in [0.25, 0.3) is 5.69 Å². The van der Waals surface area contributed by atoms with Crippen molar-refractivity contribution in [1.29, 1.82) is 5.26 Å². The summed E-state index contributed by atoms with van der Waals surface area (Å²) in [4.78, 5) is 19.7. The van der Waals surface area contributed by atoms with Gasteiger partial charge in [-0.3, -0.25) is 14.3 Å². The van der Waals surface area contributed by atoms with Crippen LogP contribution >= 0.6 is 35.3 Å². The highest BCUT2D eigenvalue weighted by molar-refractivity contribution is 8.14. The average molecular weight is 450 g/mol. The van der Waals surface area contributed by atoms with E-state index in [4.69, 9.17) is 22.5 Å². The van der Waals surface area contributed by atoms with Crippen LogP contribution in [0.3, 0.4) is 0 Å². The molecule has 0 amide bonds. The number of carbonyl (C=O) groups excluding carboxylic acids is 1. The first-order chi connectivity index (χ1) is 14.6. The van der Waals surface area contributed by atoms with Crippen LogP contribution < -0.4 is 10.2 Å². The van der Waals surface area contributed by atoms with E-state index < -0.39 is 0 Å². The van der Waals surface area contributed by atoms with E-state index in [1.54, 1.807) is 19.1 Å². The van der Waals surface area contributed by atoms with Gasteiger partial charge >= 0.3 is 0 Å². The number of carbonyl (C=O) groups is 1. The van der Waals surface area contributed by atoms with Crippen molar-refractivity contribution in [1.82, 2.24) is 4.57 Å². The van der Waals surface area contributed by atoms with E-state index in [2.05, 4.69) is 16.3 Å². The van der Waals surface area contributed by atoms with E-state index in [1.807, 2.05) is 41.0 Å². The molecule has 0 fully saturated rings. The summed E-state index contributed by atoms with van der Waals surface area (Å²) in [6.07, 6.45) is -0.125. The predicted octanol–water partition coefficient (Wildman–Crippen LogP) is 5.66. The van der Waals surface area contributed by atoms with Gasteiger partial charge in [-0.1, -0.05) is 23.9 Å². The number of rotatable bonds is 3. The Bertz CT molecular complexity index is 1300. The van der Waals surface area contributed by atoms with E-state index in [0.717, 1.165) is 32.9 Å². The Morgan fingerprint density at radius 2 is 2.07 bits per heavy atom. The third-order valence-corrected chi connectivity index (χ3v) is 7.21. The molecule has 0 saturated heterocycles. The molecule has 6 nitrogen and oxygen atoms in total. The lowest BCUT2D eigenvalue weighted by molar-refractivity contribution is 0.101. The predicted molar refractivity (Wildman–Crippen MR) is 125 cm³/mol. The standard InChI is InChI=1S/C21H15N5OS3/c1-12(27)13-6-8-14(9-7-13)25-19-17(30-21(25)28)18-23-15-4-2-3-5-16(15)26(18)20(24-19)29-11-10-22/h2-9,18,23H,11H2,1H3. The van der Waals surface area contributed by atoms with Crippen molar-refractivity contribution < 1.29 is 4.79 Å². The topological polar surface area (TPSA) is 73.4 Å². The number of Topliss-reactive ketones (excluding diaryl/α,β-unsaturated/α-hetero) is 1. The molecule has 9 heteroatoms. The van der Waals surface area contributed by atoms with Gasteiger partial charge in [0.15, 0.2) is 20.7 Å². The SMILES string of the molecule is CC(=O)c1ccc(-n2c3c(sc2=S)C2Nc4ccccc4N2C(SCC#N)=N3)cc1. The first kappa shape index (κ1) is 19.1. The molecule has 2 aliphatic heterocycles. The second-order valence-corrected chi connectivity index (χ2v) is 9.39. The maximum Gasteiger partial charge on any atom is 0.173 e. The summed E-state index contributed by atoms with van der Waals surface area (Å²) in [6, 6.07) is 17.6. The molecular weight excluding hydrogens is 434 g/mol. The highest BCUT2D eigenvalue weighted by Gasteiger charge is 2.40. The van der Waals surface area contributed by atoms with Gasteiger partial charge < -0.3 is 5.32 Å². The van der Waals surface area contributed by atoms with Crippen molar-refractivity contribution in [3.8, 4) is 11.8 Å². The molecule has 1 atom stereocenters. The minimum Gasteiger partial charge on any atom is -0.359 e. The fourth-order valence-electron chi connectivity index (χ4n) is 3.63. The van der Waals surface area contributed by atoms with Gasteiger partial charge in [0.2, 0.25) is 0 Å². The van der Waals surface area contributed by atoms with E-state index in [0.29, 0.717) is 15.3 Å². The summed E-state index contributed by atoms with van der Waals surface area (Å²) in [5.41, 5.74) is 3.58. The van der Waals surface area contributed by atoms with Gasteiger partial charge in [-0.25, -0.2) is 4.99 Å². The number of amidine groups is 1. The molecule has 148 valence electrons. The molecular formula is C21H15N5OS3. The lowest BCUT2D eigenvalue weighted by atomic mass is 10.1. The van der Waals surface area contributed by atoms with E-state index >= 15 is 0 Å². The molecule has 0 spiro atoms. The van der Waals surface area contributed by atoms with Crippen LogP contribution in [0.4, 0.5) is 17.2 Å². The van der Waals surface area contributed by atoms with E-state index in [-0.39, 0.29) is 11.9 Å². The second-order valence-electron chi connectivity index (χ2n) is 6.77. The minimum atomic E-state index is -0.125. The molecule has 3 aromatic rings. The maximum atomic E-state index is 11.6. The molecule has 1 unspecified atom stereocenters. The first-order valence-electron chi connectivity index (χ1n) is 9.19. The number of nitrogens with one attached hydrogen (secondary N) is 1. The molecule has 0 bridgehead atoms. The Morgan fingerprint density at radius 3 is 2.80 bits per heavy atom. The minimum absolute atomic E-state index is 0.0225. The summed E-state index contributed by atoms with van der Waals surface area (Å²) in [7, 11) is 0. The lowest BCUT2D eigenvalue weighted by Gasteiger charge is -2.30. The molecule has 0 radical (unpaired) electrons. The number of fused-ring (bicyclic) bond motifs is 5. The monoisotopic (exact) mass is 449 g/mol. The van der Waals surface area contributed by atoms with Crippen molar-refractivity contribution in [3.05, 3.63) is 62.9 Å². The zero-order valence-electron chi connectivity index (χ0n) is 15.8. The van der Waals surface area contributed by atoms with E-state index in [1.165, 1.54) is 23.1 Å². The number of ketones is 1. The molecule has 2 aliphatic rings. The number of anilines is 2. The summed E-state index contributed by atoms with van der Waals surface area (Å²) in [5.74, 6) is 1.09. The average Bonchev–Trinajstić information content (AvgIpc) is 3.29. The smallest absolute Gasteiger partial charge is 0.173 e. The number of thiazole rings is 1. The van der Waals surface area contributed by atoms with Crippen molar-refractivity contribution in [2.75, 3.05) is 16.0 Å². The highest BCUT2D eigenvalue weighted by Crippen LogP contribution is 2.50. The van der Waals surface area contributed by atoms with Gasteiger partial charge in [0.05, 0.1) is 28.1 Å². The Balaban J connectivity index is 1.67. The fourth-order valence-corrected chi connectivity index (χ4v) is 5.76. The molecule has 30 heavy (non-hydrogen) atoms. The van der Waals surface area contributed by atoms with Gasteiger partial charge in [-0.2, -0.15) is 5.26 Å². The Morgan fingerprint density at radius 1 is 1.30 bits per heavy atom. The van der Waals surface area contributed by atoms with Crippen LogP contribution in [0.5, 0.6) is 0 Å². The number of para-hydroxylation sites is 2. The summed E-state index contributed by atoms with van der Waals surface area (Å²) < 4.78 is 2.62. The van der Waals surface area contributed by atoms with Gasteiger partial charge in [0.25, 0.3) is 0 Å². The molecule has 5 rings (SSSR count). The van der Waals surface area contributed by atoms with Crippen LogP contribution in [-0.2, 0) is 0 Å². The largest absolute Gasteiger partial charge is 0.359 e. The van der Waals surface area contributed by atoms with Crippen molar-refractivity contribution in [2.24, 2.45) is 4.99 Å². The normalized spacial score (nSPS) is 16.1. The molecule has 0 aliphatic carbocycles. The Labute approximate surface area is 186 Å². The van der Waals surface area contributed by atoms with Crippen molar-refractivity contribution in [2.45, 2.75) is 13.1 Å². The molecule has 2 aromatic carbocycles. The number of thioether (sulfide) groups is 1. The molecule has 1 aromatic heterocycles. The van der Waals surface area contributed by atoms with E-state index in [9.17, 15) is 4.79 Å². The zero-order valence-corrected chi connectivity index (χ0v) is 18.3. The highest BCUT2D eigenvalue weighted by atomic mass is 32.2. The van der Waals surface area contributed by atoms with Crippen LogP contribution in [0.2, 0.25) is 0 Å². The quantitative estimate of drug-likeness (QED) is 0.411.